The molecule has 8 aromatic heterocycles. The average molecular weight is 1640 g/mol. The number of nitrogens with zero attached hydrogens (tertiary/aromatic N) is 10. The van der Waals surface area contributed by atoms with Crippen molar-refractivity contribution < 1.29 is 42.0 Å². The number of hydrogen-bond acceptors (Lipinski definition) is 25. The van der Waals surface area contributed by atoms with Gasteiger partial charge in [-0.25, -0.2) is 53.0 Å². The Kier molecular flexibility index (Phi) is 33.3. The van der Waals surface area contributed by atoms with Gasteiger partial charge in [-0.1, -0.05) is 14.9 Å². The smallest absolute Gasteiger partial charge is 0.405 e. The van der Waals surface area contributed by atoms with Crippen LogP contribution in [0, 0.1) is 13.1 Å². The van der Waals surface area contributed by atoms with E-state index in [0.717, 1.165) is 121 Å². The molecular weight excluding hydrogens is 1530 g/mol. The van der Waals surface area contributed by atoms with Crippen LogP contribution in [0.5, 0.6) is 28.7 Å². The first-order chi connectivity index (χ1) is 53.3. The molecule has 0 saturated heterocycles. The van der Waals surface area contributed by atoms with Gasteiger partial charge in [0.25, 0.3) is 6.67 Å². The molecule has 0 atom stereocenters. The molecule has 30 heteroatoms. The van der Waals surface area contributed by atoms with Gasteiger partial charge < -0.3 is 70.9 Å². The van der Waals surface area contributed by atoms with Crippen molar-refractivity contribution in [3.05, 3.63) is 141 Å². The molecule has 0 unspecified atom stereocenters. The lowest BCUT2D eigenvalue weighted by atomic mass is 10.1. The number of benzene rings is 4. The normalized spacial score (nSPS) is 11.3. The second-order valence-electron chi connectivity index (χ2n) is 28.8. The molecule has 0 spiro atoms. The minimum atomic E-state index is -4.30. The minimum Gasteiger partial charge on any atom is -0.491 e. The number of thiazole rings is 4. The van der Waals surface area contributed by atoms with Crippen molar-refractivity contribution in [1.82, 2.24) is 39.9 Å². The SMILES string of the molecule is C.C.CC(C)Nc1nc(-c2cc(OC(C)C)c3ccc(NCC(F)(F)F)cc3n2)cs1.CC(C)Nc1nc(-c2cc(OC(C)C)c3ccc(OCCO)cc3n2)cs1.[C-]#[N+]CCNc1ccc2c(OC(C)(C)C)cc(-c3csc(NC(C)C)n3)nc2c1.[C-]#[N+]CNc1ccc2c(OC(C)C)cc(-c3csc(NC(C)C)n3)nc2c1. The summed E-state index contributed by atoms with van der Waals surface area (Å²) >= 11 is 6.16. The van der Waals surface area contributed by atoms with E-state index in [1.807, 2.05) is 177 Å². The quantitative estimate of drug-likeness (QED) is 0.0160. The summed E-state index contributed by atoms with van der Waals surface area (Å²) in [5, 5.41) is 45.8. The second-order valence-corrected chi connectivity index (χ2v) is 32.2. The van der Waals surface area contributed by atoms with E-state index in [2.05, 4.69) is 113 Å². The molecule has 0 fully saturated rings. The number of halogens is 3. The highest BCUT2D eigenvalue weighted by atomic mass is 32.1. The Morgan fingerprint density at radius 2 is 0.754 bits per heavy atom. The van der Waals surface area contributed by atoms with E-state index < -0.39 is 12.7 Å². The fourth-order valence-corrected chi connectivity index (χ4v) is 14.2. The first-order valence-corrected chi connectivity index (χ1v) is 40.4. The predicted octanol–water partition coefficient (Wildman–Crippen LogP) is 22.5. The van der Waals surface area contributed by atoms with Crippen molar-refractivity contribution >= 4 is 127 Å². The summed E-state index contributed by atoms with van der Waals surface area (Å²) < 4.78 is 67.3. The molecule has 8 N–H and O–H groups in total. The number of aliphatic hydroxyl groups excluding tert-OH is 1. The van der Waals surface area contributed by atoms with Gasteiger partial charge in [0.1, 0.15) is 70.3 Å². The van der Waals surface area contributed by atoms with Crippen LogP contribution in [0.15, 0.2) is 119 Å². The van der Waals surface area contributed by atoms with Crippen LogP contribution in [0.25, 0.3) is 98.9 Å². The monoisotopic (exact) mass is 1630 g/mol. The largest absolute Gasteiger partial charge is 0.491 e. The third-order valence-corrected chi connectivity index (χ3v) is 18.1. The molecule has 0 radical (unpaired) electrons. The molecule has 0 bridgehead atoms. The average Bonchev–Trinajstić information content (AvgIpc) is 1.35. The summed E-state index contributed by atoms with van der Waals surface area (Å²) in [5.74, 6) is 3.63. The standard InChI is InChI=1S/C22H27N5OS.C20H23F3N4OS.C20H23N5OS.C20H25N3O3S.2CH4/c1-14(2)25-21-27-19(13-29-21)18-12-20(28-22(3,4)5)16-8-7-15(11-17(16)26-18)24-10-9-23-6;1-11(2)25-19-27-17(9-29-19)16-8-18(28-12(3)4)14-6-5-13(7-15(14)26-16)24-10-20(21,22)23;1-12(2)23-20-25-18(10-27-20)17-9-19(26-13(3)4)15-7-6-14(22-11-21-5)8-16(15)24-17;1-12(2)21-20-23-18(11-27-20)17-10-19(26-13(3)4)15-6-5-14(25-8-7-24)9-16(15)22-17;;/h7-8,11-14,24H,9-10H2,1-5H3,(H,25,27);5-9,11-12,24H,10H2,1-4H3,(H,25,27);6-10,12-13,22H,11H2,1-4H3,(H,23,25);5-6,9-13,24H,7-8H2,1-4H3,(H,21,23);2*1H4. The zero-order valence-corrected chi connectivity index (χ0v) is 69.3. The van der Waals surface area contributed by atoms with E-state index in [1.54, 1.807) is 52.2 Å². The summed E-state index contributed by atoms with van der Waals surface area (Å²) in [6.07, 6.45) is -4.26. The highest BCUT2D eigenvalue weighted by molar-refractivity contribution is 7.15. The summed E-state index contributed by atoms with van der Waals surface area (Å²) in [7, 11) is 0. The highest BCUT2D eigenvalue weighted by Gasteiger charge is 2.27. The number of ether oxygens (including phenoxy) is 5. The molecule has 23 nitrogen and oxygen atoms in total. The van der Waals surface area contributed by atoms with E-state index in [4.69, 9.17) is 56.9 Å². The topological polar surface area (TPSA) is 262 Å². The van der Waals surface area contributed by atoms with Crippen LogP contribution in [-0.4, -0.2) is 139 Å². The van der Waals surface area contributed by atoms with E-state index in [-0.39, 0.29) is 64.7 Å². The lowest BCUT2D eigenvalue weighted by Gasteiger charge is -2.23. The van der Waals surface area contributed by atoms with Crippen molar-refractivity contribution in [3.63, 3.8) is 0 Å². The van der Waals surface area contributed by atoms with Crippen LogP contribution in [0.2, 0.25) is 0 Å². The van der Waals surface area contributed by atoms with Gasteiger partial charge in [-0.05, 0) is 184 Å². The van der Waals surface area contributed by atoms with Crippen molar-refractivity contribution in [2.45, 2.75) is 187 Å². The molecule has 12 aromatic rings. The predicted molar refractivity (Wildman–Crippen MR) is 470 cm³/mol. The summed E-state index contributed by atoms with van der Waals surface area (Å²) in [5.41, 5.74) is 10.8. The number of nitrogens with one attached hydrogen (secondary N) is 7. The summed E-state index contributed by atoms with van der Waals surface area (Å²) in [4.78, 5) is 44.3. The van der Waals surface area contributed by atoms with Gasteiger partial charge in [0, 0.05) is 115 Å². The molecular formula is C84H106F3N17O6S4. The van der Waals surface area contributed by atoms with Crippen LogP contribution in [-0.2, 0) is 0 Å². The van der Waals surface area contributed by atoms with Crippen LogP contribution < -0.4 is 60.9 Å². The van der Waals surface area contributed by atoms with E-state index >= 15 is 0 Å². The van der Waals surface area contributed by atoms with Gasteiger partial charge in [0.2, 0.25) is 6.54 Å². The number of pyridine rings is 4. The van der Waals surface area contributed by atoms with Crippen LogP contribution in [0.3, 0.4) is 0 Å². The molecule has 0 saturated carbocycles. The van der Waals surface area contributed by atoms with E-state index in [9.17, 15) is 13.2 Å². The molecule has 114 heavy (non-hydrogen) atoms. The lowest BCUT2D eigenvalue weighted by molar-refractivity contribution is -0.115. The number of rotatable bonds is 29. The van der Waals surface area contributed by atoms with Gasteiger partial charge in [-0.15, -0.1) is 45.3 Å². The number of fused-ring (bicyclic) bond motifs is 4. The Balaban J connectivity index is 0.000000209. The number of aliphatic hydroxyl groups is 1. The van der Waals surface area contributed by atoms with Gasteiger partial charge >= 0.3 is 6.18 Å². The molecule has 4 aromatic carbocycles. The second kappa shape index (κ2) is 41.9. The molecule has 12 rings (SSSR count). The Bertz CT molecular complexity index is 5180. The fraction of sp³-hybridized carbons (Fsp3) is 0.405. The van der Waals surface area contributed by atoms with Crippen LogP contribution in [0.1, 0.15) is 133 Å². The Morgan fingerprint density at radius 3 is 1.08 bits per heavy atom. The molecule has 8 heterocycles. The third-order valence-electron chi connectivity index (χ3n) is 15.0. The number of alkyl halides is 3. The van der Waals surface area contributed by atoms with E-state index in [0.29, 0.717) is 65.3 Å². The summed E-state index contributed by atoms with van der Waals surface area (Å²) in [6.45, 7) is 48.8. The first-order valence-electron chi connectivity index (χ1n) is 36.8. The highest BCUT2D eigenvalue weighted by Crippen LogP contribution is 2.40. The van der Waals surface area contributed by atoms with Gasteiger partial charge in [-0.3, -0.25) is 4.85 Å². The van der Waals surface area contributed by atoms with Crippen molar-refractivity contribution in [2.24, 2.45) is 0 Å². The van der Waals surface area contributed by atoms with Crippen LogP contribution >= 0.6 is 45.3 Å². The van der Waals surface area contributed by atoms with Crippen molar-refractivity contribution in [3.8, 4) is 74.3 Å². The maximum absolute atomic E-state index is 12.5. The Hall–Kier alpha value is -10.6. The van der Waals surface area contributed by atoms with Gasteiger partial charge in [-0.2, -0.15) is 13.2 Å². The molecule has 608 valence electrons. The van der Waals surface area contributed by atoms with Gasteiger partial charge in [0.15, 0.2) is 20.5 Å². The first kappa shape index (κ1) is 90.6. The minimum absolute atomic E-state index is 0. The zero-order valence-electron chi connectivity index (χ0n) is 66.1. The zero-order chi connectivity index (χ0) is 81.0. The number of anilines is 7. The maximum atomic E-state index is 12.5. The Morgan fingerprint density at radius 1 is 0.421 bits per heavy atom. The van der Waals surface area contributed by atoms with Gasteiger partial charge in [0.05, 0.1) is 76.3 Å². The molecule has 0 amide bonds. The number of aromatic nitrogens is 8. The fourth-order valence-electron chi connectivity index (χ4n) is 10.8. The lowest BCUT2D eigenvalue weighted by Crippen LogP contribution is -2.23. The van der Waals surface area contributed by atoms with E-state index in [1.165, 1.54) is 11.3 Å². The molecule has 0 aliphatic carbocycles. The van der Waals surface area contributed by atoms with Crippen molar-refractivity contribution in [2.75, 3.05) is 76.7 Å². The third kappa shape index (κ3) is 27.3. The molecule has 0 aliphatic heterocycles. The van der Waals surface area contributed by atoms with Crippen molar-refractivity contribution in [1.29, 1.82) is 0 Å². The Labute approximate surface area is 683 Å². The summed E-state index contributed by atoms with van der Waals surface area (Å²) in [6, 6.07) is 31.3. The maximum Gasteiger partial charge on any atom is 0.405 e. The molecule has 0 aliphatic rings. The van der Waals surface area contributed by atoms with Crippen LogP contribution in [0.4, 0.5) is 50.8 Å². The number of hydrogen-bond donors (Lipinski definition) is 8.